The first-order valence-corrected chi connectivity index (χ1v) is 12.6. The summed E-state index contributed by atoms with van der Waals surface area (Å²) in [4.78, 5) is 28.4. The number of nitrogens with zero attached hydrogens (tertiary/aromatic N) is 4. The van der Waals surface area contributed by atoms with Gasteiger partial charge in [-0.05, 0) is 57.9 Å². The van der Waals surface area contributed by atoms with E-state index < -0.39 is 6.61 Å². The van der Waals surface area contributed by atoms with Gasteiger partial charge in [0.1, 0.15) is 17.4 Å². The highest BCUT2D eigenvalue weighted by atomic mass is 32.1. The lowest BCUT2D eigenvalue weighted by Crippen LogP contribution is -2.40. The molecule has 0 saturated heterocycles. The number of carbonyl (C=O) groups excluding carboxylic acids is 1. The second-order valence-corrected chi connectivity index (χ2v) is 10.1. The Hall–Kier alpha value is -2.24. The van der Waals surface area contributed by atoms with E-state index in [-0.39, 0.29) is 25.2 Å². The van der Waals surface area contributed by atoms with E-state index in [1.54, 1.807) is 19.3 Å². The Kier molecular flexibility index (Phi) is 8.74. The summed E-state index contributed by atoms with van der Waals surface area (Å²) in [7, 11) is 0. The summed E-state index contributed by atoms with van der Waals surface area (Å²) in [5, 5.41) is 3.71. The molecular weight excluding hydrogens is 464 g/mol. The van der Waals surface area contributed by atoms with Gasteiger partial charge < -0.3 is 14.8 Å². The molecule has 1 fully saturated rings. The number of carbonyl (C=O) groups is 1. The van der Waals surface area contributed by atoms with Crippen molar-refractivity contribution in [3.05, 3.63) is 33.8 Å². The molecule has 1 aliphatic heterocycles. The zero-order valence-corrected chi connectivity index (χ0v) is 20.2. The monoisotopic (exact) mass is 495 g/mol. The Morgan fingerprint density at radius 3 is 2.76 bits per heavy atom. The van der Waals surface area contributed by atoms with Gasteiger partial charge in [0, 0.05) is 24.0 Å². The van der Waals surface area contributed by atoms with Crippen molar-refractivity contribution in [2.24, 2.45) is 5.92 Å². The fourth-order valence-corrected chi connectivity index (χ4v) is 5.52. The number of halogens is 2. The largest absolute Gasteiger partial charge is 0.481 e. The number of rotatable bonds is 10. The molecule has 186 valence electrons. The predicted octanol–water partition coefficient (Wildman–Crippen LogP) is 3.48. The Morgan fingerprint density at radius 1 is 1.26 bits per heavy atom. The highest BCUT2D eigenvalue weighted by molar-refractivity contribution is 7.11. The average Bonchev–Trinajstić information content (AvgIpc) is 3.24. The van der Waals surface area contributed by atoms with Crippen molar-refractivity contribution < 1.29 is 23.0 Å². The molecule has 1 N–H and O–H groups in total. The summed E-state index contributed by atoms with van der Waals surface area (Å²) in [5.74, 6) is 1.69. The molecule has 1 aliphatic carbocycles. The fraction of sp³-hybridized carbons (Fsp3) is 0.652. The van der Waals surface area contributed by atoms with Gasteiger partial charge in [-0.1, -0.05) is 0 Å². The zero-order chi connectivity index (χ0) is 23.9. The van der Waals surface area contributed by atoms with Gasteiger partial charge in [0.25, 0.3) is 5.91 Å². The Morgan fingerprint density at radius 2 is 2.03 bits per heavy atom. The molecule has 0 radical (unpaired) electrons. The van der Waals surface area contributed by atoms with Gasteiger partial charge in [0.2, 0.25) is 0 Å². The second-order valence-electron chi connectivity index (χ2n) is 8.90. The van der Waals surface area contributed by atoms with Crippen molar-refractivity contribution in [2.75, 3.05) is 19.7 Å². The topological polar surface area (TPSA) is 89.5 Å². The number of hydrogen-bond acceptors (Lipinski definition) is 8. The number of fused-ring (bicyclic) bond motifs is 1. The van der Waals surface area contributed by atoms with E-state index in [0.717, 1.165) is 63.9 Å². The number of amides is 1. The molecule has 0 atom stereocenters. The second kappa shape index (κ2) is 11.9. The van der Waals surface area contributed by atoms with E-state index >= 15 is 0 Å². The van der Waals surface area contributed by atoms with Crippen LogP contribution >= 0.6 is 11.3 Å². The van der Waals surface area contributed by atoms with E-state index in [9.17, 15) is 13.6 Å². The molecule has 0 aromatic carbocycles. The lowest BCUT2D eigenvalue weighted by Gasteiger charge is -2.32. The molecule has 34 heavy (non-hydrogen) atoms. The Labute approximate surface area is 202 Å². The van der Waals surface area contributed by atoms with E-state index in [0.29, 0.717) is 22.5 Å². The minimum Gasteiger partial charge on any atom is -0.481 e. The summed E-state index contributed by atoms with van der Waals surface area (Å²) in [6.07, 6.45) is 9.33. The number of aromatic nitrogens is 3. The predicted molar refractivity (Wildman–Crippen MR) is 123 cm³/mol. The summed E-state index contributed by atoms with van der Waals surface area (Å²) in [6, 6.07) is 0.197. The van der Waals surface area contributed by atoms with Gasteiger partial charge in [-0.2, -0.15) is 8.78 Å². The highest BCUT2D eigenvalue weighted by Gasteiger charge is 2.25. The van der Waals surface area contributed by atoms with E-state index in [1.165, 1.54) is 16.2 Å². The molecule has 2 aliphatic rings. The molecule has 2 aromatic rings. The molecule has 1 amide bonds. The molecule has 11 heteroatoms. The third kappa shape index (κ3) is 7.38. The van der Waals surface area contributed by atoms with Gasteiger partial charge >= 0.3 is 6.61 Å². The van der Waals surface area contributed by atoms with Gasteiger partial charge in [0.05, 0.1) is 18.1 Å². The van der Waals surface area contributed by atoms with Gasteiger partial charge in [-0.25, -0.2) is 15.0 Å². The SMILES string of the molecule is Cc1ncc(OCC(=O)NC2CCC(CCN3CCc4sc(COC(F)F)nc4C3)CC2)cn1. The number of hydrogen-bond donors (Lipinski definition) is 1. The summed E-state index contributed by atoms with van der Waals surface area (Å²) in [5.41, 5.74) is 1.01. The van der Waals surface area contributed by atoms with Crippen molar-refractivity contribution in [1.29, 1.82) is 0 Å². The maximum absolute atomic E-state index is 12.3. The molecule has 4 rings (SSSR count). The fourth-order valence-electron chi connectivity index (χ4n) is 4.53. The Balaban J connectivity index is 1.12. The molecule has 0 bridgehead atoms. The van der Waals surface area contributed by atoms with Crippen LogP contribution in [0.25, 0.3) is 0 Å². The summed E-state index contributed by atoms with van der Waals surface area (Å²) >= 11 is 1.49. The quantitative estimate of drug-likeness (QED) is 0.540. The van der Waals surface area contributed by atoms with Gasteiger partial charge in [-0.3, -0.25) is 9.69 Å². The van der Waals surface area contributed by atoms with Crippen LogP contribution in [0.4, 0.5) is 8.78 Å². The Bertz CT molecular complexity index is 935. The smallest absolute Gasteiger partial charge is 0.345 e. The van der Waals surface area contributed by atoms with Gasteiger partial charge in [0.15, 0.2) is 12.4 Å². The minimum absolute atomic E-state index is 0.0319. The first kappa shape index (κ1) is 24.9. The first-order valence-electron chi connectivity index (χ1n) is 11.7. The van der Waals surface area contributed by atoms with Crippen LogP contribution in [0.2, 0.25) is 0 Å². The van der Waals surface area contributed by atoms with Crippen LogP contribution in [0.1, 0.15) is 53.5 Å². The van der Waals surface area contributed by atoms with Crippen LogP contribution in [0.15, 0.2) is 12.4 Å². The number of ether oxygens (including phenoxy) is 2. The number of alkyl halides is 2. The zero-order valence-electron chi connectivity index (χ0n) is 19.3. The average molecular weight is 496 g/mol. The van der Waals surface area contributed by atoms with Crippen LogP contribution < -0.4 is 10.1 Å². The third-order valence-electron chi connectivity index (χ3n) is 6.38. The maximum atomic E-state index is 12.3. The number of aryl methyl sites for hydroxylation is 1. The van der Waals surface area contributed by atoms with E-state index in [4.69, 9.17) is 4.74 Å². The molecule has 0 spiro atoms. The van der Waals surface area contributed by atoms with Crippen LogP contribution in [-0.4, -0.2) is 58.1 Å². The maximum Gasteiger partial charge on any atom is 0.345 e. The first-order chi connectivity index (χ1) is 16.4. The standard InChI is InChI=1S/C23H31F2N5O3S/c1-15-26-10-18(11-27-15)32-13-21(31)28-17-4-2-16(3-5-17)6-8-30-9-7-20-19(12-30)29-22(34-20)14-33-23(24)25/h10-11,16-17,23H,2-9,12-14H2,1H3,(H,28,31). The van der Waals surface area contributed by atoms with Crippen LogP contribution in [0, 0.1) is 12.8 Å². The lowest BCUT2D eigenvalue weighted by atomic mass is 9.84. The lowest BCUT2D eigenvalue weighted by molar-refractivity contribution is -0.137. The molecule has 2 aromatic heterocycles. The normalized spacial score (nSPS) is 20.8. The van der Waals surface area contributed by atoms with Crippen molar-refractivity contribution >= 4 is 17.2 Å². The molecular formula is C23H31F2N5O3S. The van der Waals surface area contributed by atoms with Crippen LogP contribution in [0.3, 0.4) is 0 Å². The van der Waals surface area contributed by atoms with Crippen molar-refractivity contribution in [3.8, 4) is 5.75 Å². The van der Waals surface area contributed by atoms with Gasteiger partial charge in [-0.15, -0.1) is 11.3 Å². The highest BCUT2D eigenvalue weighted by Crippen LogP contribution is 2.29. The van der Waals surface area contributed by atoms with Crippen molar-refractivity contribution in [2.45, 2.75) is 71.3 Å². The number of nitrogens with one attached hydrogen (secondary N) is 1. The van der Waals surface area contributed by atoms with Crippen LogP contribution in [-0.2, 0) is 29.1 Å². The van der Waals surface area contributed by atoms with Crippen molar-refractivity contribution in [1.82, 2.24) is 25.2 Å². The van der Waals surface area contributed by atoms with E-state index in [1.807, 2.05) is 0 Å². The number of thiazole rings is 1. The molecule has 3 heterocycles. The third-order valence-corrected chi connectivity index (χ3v) is 7.51. The van der Waals surface area contributed by atoms with E-state index in [2.05, 4.69) is 29.9 Å². The summed E-state index contributed by atoms with van der Waals surface area (Å²) < 4.78 is 34.4. The molecule has 0 unspecified atom stereocenters. The summed E-state index contributed by atoms with van der Waals surface area (Å²) in [6.45, 7) is 1.64. The molecule has 1 saturated carbocycles. The van der Waals surface area contributed by atoms with Crippen LogP contribution in [0.5, 0.6) is 5.75 Å². The molecule has 8 nitrogen and oxygen atoms in total. The van der Waals surface area contributed by atoms with Crippen molar-refractivity contribution in [3.63, 3.8) is 0 Å². The minimum atomic E-state index is -2.76.